The summed E-state index contributed by atoms with van der Waals surface area (Å²) in [5.41, 5.74) is 1.66. The maximum Gasteiger partial charge on any atom is 0.234 e. The van der Waals surface area contributed by atoms with E-state index in [0.717, 1.165) is 34.8 Å². The van der Waals surface area contributed by atoms with E-state index < -0.39 is 0 Å². The van der Waals surface area contributed by atoms with E-state index in [1.807, 2.05) is 53.1 Å². The first-order chi connectivity index (χ1) is 15.1. The van der Waals surface area contributed by atoms with Crippen LogP contribution >= 0.6 is 39.3 Å². The molecule has 10 heteroatoms. The molecule has 3 aromatic rings. The standard InChI is InChI=1S/C21H21BrClN5O2S/c22-15-1-5-17(6-2-15)24-20(29)14-31-21-26-25-19(13-27-9-11-30-12-10-27)28(21)18-7-3-16(23)4-8-18/h1-8H,9-14H2,(H,24,29). The predicted octanol–water partition coefficient (Wildman–Crippen LogP) is 4.25. The number of amides is 1. The molecule has 162 valence electrons. The van der Waals surface area contributed by atoms with Crippen molar-refractivity contribution in [3.63, 3.8) is 0 Å². The lowest BCUT2D eigenvalue weighted by Gasteiger charge is -2.26. The highest BCUT2D eigenvalue weighted by Gasteiger charge is 2.19. The Morgan fingerprint density at radius 3 is 2.52 bits per heavy atom. The number of morpholine rings is 1. The molecule has 2 aromatic carbocycles. The highest BCUT2D eigenvalue weighted by atomic mass is 79.9. The predicted molar refractivity (Wildman–Crippen MR) is 126 cm³/mol. The van der Waals surface area contributed by atoms with Gasteiger partial charge in [-0.15, -0.1) is 10.2 Å². The molecule has 0 unspecified atom stereocenters. The molecule has 0 spiro atoms. The zero-order valence-corrected chi connectivity index (χ0v) is 19.8. The second-order valence-corrected chi connectivity index (χ2v) is 9.24. The molecular weight excluding hydrogens is 502 g/mol. The Morgan fingerprint density at radius 2 is 1.81 bits per heavy atom. The van der Waals surface area contributed by atoms with Crippen LogP contribution in [0.2, 0.25) is 5.02 Å². The number of anilines is 1. The number of nitrogens with zero attached hydrogens (tertiary/aromatic N) is 4. The Morgan fingerprint density at radius 1 is 1.10 bits per heavy atom. The average molecular weight is 523 g/mol. The van der Waals surface area contributed by atoms with Crippen molar-refractivity contribution in [1.82, 2.24) is 19.7 Å². The van der Waals surface area contributed by atoms with Crippen LogP contribution < -0.4 is 5.32 Å². The highest BCUT2D eigenvalue weighted by molar-refractivity contribution is 9.10. The quantitative estimate of drug-likeness (QED) is 0.468. The zero-order chi connectivity index (χ0) is 21.6. The lowest BCUT2D eigenvalue weighted by molar-refractivity contribution is -0.113. The Bertz CT molecular complexity index is 1020. The number of aromatic nitrogens is 3. The number of rotatable bonds is 7. The highest BCUT2D eigenvalue weighted by Crippen LogP contribution is 2.24. The van der Waals surface area contributed by atoms with Crippen LogP contribution in [0.3, 0.4) is 0 Å². The third-order valence-corrected chi connectivity index (χ3v) is 6.42. The number of carbonyl (C=O) groups excluding carboxylic acids is 1. The smallest absolute Gasteiger partial charge is 0.234 e. The van der Waals surface area contributed by atoms with Gasteiger partial charge in [0.05, 0.1) is 25.5 Å². The second-order valence-electron chi connectivity index (χ2n) is 6.94. The summed E-state index contributed by atoms with van der Waals surface area (Å²) in [6, 6.07) is 15.0. The molecule has 1 N–H and O–H groups in total. The van der Waals surface area contributed by atoms with E-state index in [4.69, 9.17) is 16.3 Å². The van der Waals surface area contributed by atoms with Gasteiger partial charge >= 0.3 is 0 Å². The summed E-state index contributed by atoms with van der Waals surface area (Å²) in [7, 11) is 0. The van der Waals surface area contributed by atoms with Gasteiger partial charge in [0.2, 0.25) is 5.91 Å². The Labute approximate surface area is 198 Å². The SMILES string of the molecule is O=C(CSc1nnc(CN2CCOCC2)n1-c1ccc(Cl)cc1)Nc1ccc(Br)cc1. The fourth-order valence-electron chi connectivity index (χ4n) is 3.17. The van der Waals surface area contributed by atoms with Gasteiger partial charge in [-0.2, -0.15) is 0 Å². The number of hydrogen-bond donors (Lipinski definition) is 1. The molecule has 1 aromatic heterocycles. The van der Waals surface area contributed by atoms with Crippen molar-refractivity contribution >= 4 is 50.9 Å². The molecule has 1 aliphatic heterocycles. The first-order valence-corrected chi connectivity index (χ1v) is 11.9. The average Bonchev–Trinajstić information content (AvgIpc) is 3.17. The fourth-order valence-corrected chi connectivity index (χ4v) is 4.33. The Kier molecular flexibility index (Phi) is 7.62. The minimum absolute atomic E-state index is 0.104. The van der Waals surface area contributed by atoms with Gasteiger partial charge in [0.15, 0.2) is 11.0 Å². The van der Waals surface area contributed by atoms with E-state index >= 15 is 0 Å². The molecule has 0 atom stereocenters. The molecule has 1 fully saturated rings. The summed E-state index contributed by atoms with van der Waals surface area (Å²) in [5, 5.41) is 13.0. The molecular formula is C21H21BrClN5O2S. The molecule has 0 saturated carbocycles. The summed E-state index contributed by atoms with van der Waals surface area (Å²) in [5.74, 6) is 0.937. The van der Waals surface area contributed by atoms with Crippen molar-refractivity contribution in [3.8, 4) is 5.69 Å². The summed E-state index contributed by atoms with van der Waals surface area (Å²) >= 11 is 10.8. The largest absolute Gasteiger partial charge is 0.379 e. The summed E-state index contributed by atoms with van der Waals surface area (Å²) in [6.07, 6.45) is 0. The van der Waals surface area contributed by atoms with Gasteiger partial charge < -0.3 is 10.1 Å². The Balaban J connectivity index is 1.49. The molecule has 1 aliphatic rings. The van der Waals surface area contributed by atoms with Crippen LogP contribution in [0.5, 0.6) is 0 Å². The number of carbonyl (C=O) groups is 1. The maximum atomic E-state index is 12.4. The minimum atomic E-state index is -0.104. The van der Waals surface area contributed by atoms with Crippen molar-refractivity contribution in [2.75, 3.05) is 37.4 Å². The summed E-state index contributed by atoms with van der Waals surface area (Å²) < 4.78 is 8.39. The third-order valence-electron chi connectivity index (χ3n) is 4.71. The van der Waals surface area contributed by atoms with Crippen LogP contribution in [0, 0.1) is 0 Å². The molecule has 0 aliphatic carbocycles. The van der Waals surface area contributed by atoms with Gasteiger partial charge in [0, 0.05) is 34.0 Å². The monoisotopic (exact) mass is 521 g/mol. The Hall–Kier alpha value is -1.91. The van der Waals surface area contributed by atoms with E-state index in [9.17, 15) is 4.79 Å². The van der Waals surface area contributed by atoms with Crippen molar-refractivity contribution in [3.05, 3.63) is 63.9 Å². The topological polar surface area (TPSA) is 72.3 Å². The van der Waals surface area contributed by atoms with Crippen LogP contribution in [-0.4, -0.2) is 57.6 Å². The zero-order valence-electron chi connectivity index (χ0n) is 16.6. The molecule has 0 radical (unpaired) electrons. The minimum Gasteiger partial charge on any atom is -0.379 e. The normalized spacial score (nSPS) is 14.5. The van der Waals surface area contributed by atoms with E-state index in [1.54, 1.807) is 0 Å². The number of hydrogen-bond acceptors (Lipinski definition) is 6. The van der Waals surface area contributed by atoms with Gasteiger partial charge in [-0.25, -0.2) is 0 Å². The number of halogens is 2. The third kappa shape index (κ3) is 6.08. The van der Waals surface area contributed by atoms with Crippen LogP contribution in [0.15, 0.2) is 58.2 Å². The van der Waals surface area contributed by atoms with E-state index in [0.29, 0.717) is 29.9 Å². The van der Waals surface area contributed by atoms with Crippen molar-refractivity contribution < 1.29 is 9.53 Å². The van der Waals surface area contributed by atoms with Crippen LogP contribution in [0.4, 0.5) is 5.69 Å². The molecule has 4 rings (SSSR count). The van der Waals surface area contributed by atoms with Crippen LogP contribution in [-0.2, 0) is 16.1 Å². The van der Waals surface area contributed by atoms with Crippen LogP contribution in [0.1, 0.15) is 5.82 Å². The lowest BCUT2D eigenvalue weighted by atomic mass is 10.3. The molecule has 1 saturated heterocycles. The van der Waals surface area contributed by atoms with Crippen LogP contribution in [0.25, 0.3) is 5.69 Å². The fraction of sp³-hybridized carbons (Fsp3) is 0.286. The molecule has 31 heavy (non-hydrogen) atoms. The van der Waals surface area contributed by atoms with Gasteiger partial charge in [-0.05, 0) is 48.5 Å². The van der Waals surface area contributed by atoms with Gasteiger partial charge in [-0.3, -0.25) is 14.3 Å². The summed E-state index contributed by atoms with van der Waals surface area (Å²) in [4.78, 5) is 14.7. The second kappa shape index (κ2) is 10.6. The number of benzene rings is 2. The van der Waals surface area contributed by atoms with E-state index in [2.05, 4.69) is 36.3 Å². The maximum absolute atomic E-state index is 12.4. The van der Waals surface area contributed by atoms with Crippen molar-refractivity contribution in [1.29, 1.82) is 0 Å². The van der Waals surface area contributed by atoms with Crippen molar-refractivity contribution in [2.24, 2.45) is 0 Å². The molecule has 7 nitrogen and oxygen atoms in total. The number of thioether (sulfide) groups is 1. The van der Waals surface area contributed by atoms with Gasteiger partial charge in [-0.1, -0.05) is 39.3 Å². The summed E-state index contributed by atoms with van der Waals surface area (Å²) in [6.45, 7) is 3.79. The van der Waals surface area contributed by atoms with Crippen molar-refractivity contribution in [2.45, 2.75) is 11.7 Å². The first kappa shape index (κ1) is 22.3. The number of nitrogens with one attached hydrogen (secondary N) is 1. The van der Waals surface area contributed by atoms with E-state index in [-0.39, 0.29) is 11.7 Å². The molecule has 1 amide bonds. The van der Waals surface area contributed by atoms with Gasteiger partial charge in [0.1, 0.15) is 0 Å². The van der Waals surface area contributed by atoms with Gasteiger partial charge in [0.25, 0.3) is 0 Å². The van der Waals surface area contributed by atoms with E-state index in [1.165, 1.54) is 11.8 Å². The molecule has 2 heterocycles. The number of ether oxygens (including phenoxy) is 1. The lowest BCUT2D eigenvalue weighted by Crippen LogP contribution is -2.36. The first-order valence-electron chi connectivity index (χ1n) is 9.77. The molecule has 0 bridgehead atoms.